The quantitative estimate of drug-likeness (QED) is 0.507. The van der Waals surface area contributed by atoms with Crippen LogP contribution in [0.25, 0.3) is 0 Å². The lowest BCUT2D eigenvalue weighted by molar-refractivity contribution is 0.180. The number of rotatable bonds is 1. The van der Waals surface area contributed by atoms with E-state index in [9.17, 15) is 0 Å². The van der Waals surface area contributed by atoms with E-state index in [4.69, 9.17) is 5.11 Å². The van der Waals surface area contributed by atoms with Crippen molar-refractivity contribution in [3.63, 3.8) is 0 Å². The van der Waals surface area contributed by atoms with Crippen LogP contribution in [-0.2, 0) is 0 Å². The fourth-order valence-corrected chi connectivity index (χ4v) is 1.21. The summed E-state index contributed by atoms with van der Waals surface area (Å²) < 4.78 is 0. The summed E-state index contributed by atoms with van der Waals surface area (Å²) >= 11 is 0. The zero-order valence-electron chi connectivity index (χ0n) is 5.01. The predicted molar refractivity (Wildman–Crippen MR) is 33.5 cm³/mol. The second-order valence-electron chi connectivity index (χ2n) is 2.46. The highest BCUT2D eigenvalue weighted by Crippen LogP contribution is 2.25. The summed E-state index contributed by atoms with van der Waals surface area (Å²) in [6.07, 6.45) is 4.93. The Morgan fingerprint density at radius 2 is 2.25 bits per heavy atom. The minimum absolute atomic E-state index is 0.0435. The summed E-state index contributed by atoms with van der Waals surface area (Å²) in [5.41, 5.74) is 0. The molecule has 0 bridgehead atoms. The maximum absolute atomic E-state index is 8.98. The highest BCUT2D eigenvalue weighted by molar-refractivity contribution is 4.86. The number of hydrogen-bond acceptors (Lipinski definition) is 1. The van der Waals surface area contributed by atoms with Gasteiger partial charge in [0.2, 0.25) is 0 Å². The smallest absolute Gasteiger partial charge is 0.0546 e. The molecular formula is C7H12O. The van der Waals surface area contributed by atoms with Crippen molar-refractivity contribution in [2.24, 2.45) is 5.92 Å². The third kappa shape index (κ3) is 1.10. The molecule has 1 saturated carbocycles. The van der Waals surface area contributed by atoms with E-state index in [1.165, 1.54) is 0 Å². The van der Waals surface area contributed by atoms with Crippen LogP contribution in [0.2, 0.25) is 0 Å². The molecule has 0 aromatic heterocycles. The van der Waals surface area contributed by atoms with Gasteiger partial charge in [-0.15, -0.1) is 6.58 Å². The largest absolute Gasteiger partial charge is 0.393 e. The molecule has 1 nitrogen and oxygen atoms in total. The summed E-state index contributed by atoms with van der Waals surface area (Å²) in [7, 11) is 0. The molecule has 1 rings (SSSR count). The van der Waals surface area contributed by atoms with Crippen LogP contribution in [0, 0.1) is 5.92 Å². The number of hydrogen-bond donors (Lipinski definition) is 1. The molecule has 0 saturated heterocycles. The lowest BCUT2D eigenvalue weighted by atomic mass is 10.1. The molecule has 0 heterocycles. The van der Waals surface area contributed by atoms with Crippen molar-refractivity contribution in [1.29, 1.82) is 0 Å². The summed E-state index contributed by atoms with van der Waals surface area (Å²) in [6, 6.07) is 0. The summed E-state index contributed by atoms with van der Waals surface area (Å²) in [5, 5.41) is 8.98. The van der Waals surface area contributed by atoms with Gasteiger partial charge in [-0.05, 0) is 25.2 Å². The molecule has 46 valence electrons. The van der Waals surface area contributed by atoms with Crippen LogP contribution in [0.4, 0.5) is 0 Å². The Morgan fingerprint density at radius 1 is 1.50 bits per heavy atom. The van der Waals surface area contributed by atoms with Gasteiger partial charge >= 0.3 is 0 Å². The molecule has 1 heteroatoms. The zero-order chi connectivity index (χ0) is 5.98. The highest BCUT2D eigenvalue weighted by Gasteiger charge is 2.19. The molecular weight excluding hydrogens is 100 g/mol. The van der Waals surface area contributed by atoms with Gasteiger partial charge in [0.15, 0.2) is 0 Å². The fourth-order valence-electron chi connectivity index (χ4n) is 1.21. The normalized spacial score (nSPS) is 37.6. The fraction of sp³-hybridized carbons (Fsp3) is 0.714. The van der Waals surface area contributed by atoms with Crippen LogP contribution in [0.5, 0.6) is 0 Å². The summed E-state index contributed by atoms with van der Waals surface area (Å²) in [5.74, 6) is 0.588. The Balaban J connectivity index is 2.32. The molecule has 2 atom stereocenters. The van der Waals surface area contributed by atoms with Gasteiger partial charge in [-0.2, -0.15) is 0 Å². The first kappa shape index (κ1) is 5.83. The Labute approximate surface area is 50.0 Å². The van der Waals surface area contributed by atoms with Crippen LogP contribution in [0.3, 0.4) is 0 Å². The van der Waals surface area contributed by atoms with Crippen LogP contribution in [-0.4, -0.2) is 11.2 Å². The van der Waals surface area contributed by atoms with Gasteiger partial charge in [0.1, 0.15) is 0 Å². The monoisotopic (exact) mass is 112 g/mol. The molecule has 0 unspecified atom stereocenters. The lowest BCUT2D eigenvalue weighted by Gasteiger charge is -1.97. The van der Waals surface area contributed by atoms with E-state index in [1.807, 2.05) is 6.08 Å². The molecule has 0 aromatic rings. The van der Waals surface area contributed by atoms with Gasteiger partial charge in [0, 0.05) is 0 Å². The zero-order valence-corrected chi connectivity index (χ0v) is 5.01. The van der Waals surface area contributed by atoms with Crippen molar-refractivity contribution in [3.05, 3.63) is 12.7 Å². The van der Waals surface area contributed by atoms with Gasteiger partial charge in [0.05, 0.1) is 6.10 Å². The van der Waals surface area contributed by atoms with Gasteiger partial charge in [-0.3, -0.25) is 0 Å². The van der Waals surface area contributed by atoms with E-state index in [0.717, 1.165) is 19.3 Å². The third-order valence-corrected chi connectivity index (χ3v) is 1.78. The van der Waals surface area contributed by atoms with Crippen molar-refractivity contribution in [2.75, 3.05) is 0 Å². The van der Waals surface area contributed by atoms with Gasteiger partial charge in [-0.1, -0.05) is 6.08 Å². The SMILES string of the molecule is C=C[C@@H]1CC[C@H](O)C1. The third-order valence-electron chi connectivity index (χ3n) is 1.78. The molecule has 1 fully saturated rings. The topological polar surface area (TPSA) is 20.2 Å². The van der Waals surface area contributed by atoms with Crippen LogP contribution >= 0.6 is 0 Å². The standard InChI is InChI=1S/C7H12O/c1-2-6-3-4-7(8)5-6/h2,6-8H,1,3-5H2/t6-,7+/m1/s1. The molecule has 1 aliphatic rings. The van der Waals surface area contributed by atoms with Crippen molar-refractivity contribution in [1.82, 2.24) is 0 Å². The average Bonchev–Trinajstić information content (AvgIpc) is 2.14. The lowest BCUT2D eigenvalue weighted by Crippen LogP contribution is -1.97. The number of aliphatic hydroxyl groups is 1. The highest BCUT2D eigenvalue weighted by atomic mass is 16.3. The first-order chi connectivity index (χ1) is 3.83. The summed E-state index contributed by atoms with van der Waals surface area (Å²) in [6.45, 7) is 3.67. The Morgan fingerprint density at radius 3 is 2.50 bits per heavy atom. The minimum Gasteiger partial charge on any atom is -0.393 e. The maximum atomic E-state index is 8.98. The molecule has 0 spiro atoms. The molecule has 0 aromatic carbocycles. The molecule has 0 aliphatic heterocycles. The van der Waals surface area contributed by atoms with E-state index in [-0.39, 0.29) is 6.10 Å². The molecule has 1 aliphatic carbocycles. The predicted octanol–water partition coefficient (Wildman–Crippen LogP) is 1.33. The molecule has 0 radical (unpaired) electrons. The van der Waals surface area contributed by atoms with Crippen LogP contribution in [0.1, 0.15) is 19.3 Å². The minimum atomic E-state index is -0.0435. The van der Waals surface area contributed by atoms with E-state index in [0.29, 0.717) is 5.92 Å². The van der Waals surface area contributed by atoms with Gasteiger partial charge < -0.3 is 5.11 Å². The van der Waals surface area contributed by atoms with Crippen LogP contribution in [0.15, 0.2) is 12.7 Å². The Kier molecular flexibility index (Phi) is 1.69. The number of allylic oxidation sites excluding steroid dienone is 1. The van der Waals surface area contributed by atoms with Crippen molar-refractivity contribution >= 4 is 0 Å². The second kappa shape index (κ2) is 2.31. The van der Waals surface area contributed by atoms with E-state index < -0.39 is 0 Å². The second-order valence-corrected chi connectivity index (χ2v) is 2.46. The molecule has 0 amide bonds. The Bertz CT molecular complexity index is 88.4. The first-order valence-electron chi connectivity index (χ1n) is 3.13. The maximum Gasteiger partial charge on any atom is 0.0546 e. The van der Waals surface area contributed by atoms with Crippen LogP contribution < -0.4 is 0 Å². The van der Waals surface area contributed by atoms with Crippen molar-refractivity contribution in [2.45, 2.75) is 25.4 Å². The van der Waals surface area contributed by atoms with E-state index in [2.05, 4.69) is 6.58 Å². The average molecular weight is 112 g/mol. The van der Waals surface area contributed by atoms with Gasteiger partial charge in [-0.25, -0.2) is 0 Å². The van der Waals surface area contributed by atoms with Crippen molar-refractivity contribution < 1.29 is 5.11 Å². The number of aliphatic hydroxyl groups excluding tert-OH is 1. The first-order valence-corrected chi connectivity index (χ1v) is 3.13. The molecule has 8 heavy (non-hydrogen) atoms. The summed E-state index contributed by atoms with van der Waals surface area (Å²) in [4.78, 5) is 0. The molecule has 1 N–H and O–H groups in total. The Hall–Kier alpha value is -0.300. The van der Waals surface area contributed by atoms with Gasteiger partial charge in [0.25, 0.3) is 0 Å². The van der Waals surface area contributed by atoms with E-state index >= 15 is 0 Å². The van der Waals surface area contributed by atoms with Crippen molar-refractivity contribution in [3.8, 4) is 0 Å². The van der Waals surface area contributed by atoms with E-state index in [1.54, 1.807) is 0 Å².